The molecule has 3 rings (SSSR count). The molecule has 2 aromatic carbocycles. The standard InChI is InChI=1S/C17H14N2OS2/c1-2-9-21-17-19-14-8-7-13(10-16(14)22-17)18-11-12-5-3-4-6-15(12)20/h2-8,10-11,20H,1,9H2. The van der Waals surface area contributed by atoms with Crippen LogP contribution in [-0.2, 0) is 0 Å². The maximum atomic E-state index is 9.74. The number of thioether (sulfide) groups is 1. The number of aromatic nitrogens is 1. The monoisotopic (exact) mass is 326 g/mol. The van der Waals surface area contributed by atoms with Gasteiger partial charge in [0.05, 0.1) is 15.9 Å². The molecule has 0 amide bonds. The topological polar surface area (TPSA) is 45.5 Å². The number of hydrogen-bond donors (Lipinski definition) is 1. The normalized spacial score (nSPS) is 11.3. The van der Waals surface area contributed by atoms with Crippen LogP contribution in [0.4, 0.5) is 5.69 Å². The molecule has 1 N–H and O–H groups in total. The smallest absolute Gasteiger partial charge is 0.151 e. The van der Waals surface area contributed by atoms with E-state index < -0.39 is 0 Å². The van der Waals surface area contributed by atoms with Gasteiger partial charge >= 0.3 is 0 Å². The third-order valence-corrected chi connectivity index (χ3v) is 5.12. The van der Waals surface area contributed by atoms with E-state index in [-0.39, 0.29) is 5.75 Å². The van der Waals surface area contributed by atoms with Crippen molar-refractivity contribution in [3.05, 3.63) is 60.7 Å². The molecule has 110 valence electrons. The summed E-state index contributed by atoms with van der Waals surface area (Å²) in [5.74, 6) is 1.09. The molecule has 0 saturated carbocycles. The van der Waals surface area contributed by atoms with Crippen LogP contribution in [-0.4, -0.2) is 22.1 Å². The zero-order valence-corrected chi connectivity index (χ0v) is 13.4. The lowest BCUT2D eigenvalue weighted by atomic mass is 10.2. The van der Waals surface area contributed by atoms with Crippen LogP contribution in [0.2, 0.25) is 0 Å². The second-order valence-electron chi connectivity index (χ2n) is 4.55. The summed E-state index contributed by atoms with van der Waals surface area (Å²) in [6, 6.07) is 13.1. The fourth-order valence-corrected chi connectivity index (χ4v) is 3.77. The van der Waals surface area contributed by atoms with E-state index in [1.165, 1.54) is 0 Å². The highest BCUT2D eigenvalue weighted by molar-refractivity contribution is 8.01. The van der Waals surface area contributed by atoms with Gasteiger partial charge in [0.1, 0.15) is 5.75 Å². The summed E-state index contributed by atoms with van der Waals surface area (Å²) in [6.45, 7) is 3.72. The summed E-state index contributed by atoms with van der Waals surface area (Å²) in [6.07, 6.45) is 3.55. The number of rotatable bonds is 5. The maximum absolute atomic E-state index is 9.74. The van der Waals surface area contributed by atoms with Crippen LogP contribution in [0.3, 0.4) is 0 Å². The number of aromatic hydroxyl groups is 1. The average Bonchev–Trinajstić information content (AvgIpc) is 2.94. The number of benzene rings is 2. The highest BCUT2D eigenvalue weighted by Crippen LogP contribution is 2.32. The molecule has 22 heavy (non-hydrogen) atoms. The van der Waals surface area contributed by atoms with E-state index in [1.54, 1.807) is 41.4 Å². The van der Waals surface area contributed by atoms with Gasteiger partial charge in [0.25, 0.3) is 0 Å². The minimum absolute atomic E-state index is 0.230. The van der Waals surface area contributed by atoms with Crippen molar-refractivity contribution >= 4 is 45.2 Å². The number of phenolic OH excluding ortho intramolecular Hbond substituents is 1. The molecular weight excluding hydrogens is 312 g/mol. The van der Waals surface area contributed by atoms with E-state index in [0.717, 1.165) is 26.0 Å². The van der Waals surface area contributed by atoms with Crippen LogP contribution >= 0.6 is 23.1 Å². The van der Waals surface area contributed by atoms with Crippen LogP contribution in [0.25, 0.3) is 10.2 Å². The minimum Gasteiger partial charge on any atom is -0.507 e. The molecular formula is C17H14N2OS2. The highest BCUT2D eigenvalue weighted by atomic mass is 32.2. The molecule has 0 unspecified atom stereocenters. The van der Waals surface area contributed by atoms with Crippen molar-refractivity contribution in [1.82, 2.24) is 4.98 Å². The number of nitrogens with zero attached hydrogens (tertiary/aromatic N) is 2. The molecule has 0 atom stereocenters. The molecule has 3 aromatic rings. The van der Waals surface area contributed by atoms with Gasteiger partial charge in [-0.2, -0.15) is 0 Å². The molecule has 0 aliphatic rings. The molecule has 1 heterocycles. The Morgan fingerprint density at radius 1 is 1.27 bits per heavy atom. The zero-order valence-electron chi connectivity index (χ0n) is 11.8. The zero-order chi connectivity index (χ0) is 15.4. The SMILES string of the molecule is C=CCSc1nc2ccc(N=Cc3ccccc3O)cc2s1. The van der Waals surface area contributed by atoms with Crippen molar-refractivity contribution in [3.63, 3.8) is 0 Å². The van der Waals surface area contributed by atoms with Crippen molar-refractivity contribution in [1.29, 1.82) is 0 Å². The number of thiazole rings is 1. The minimum atomic E-state index is 0.230. The summed E-state index contributed by atoms with van der Waals surface area (Å²) in [4.78, 5) is 9.00. The Morgan fingerprint density at radius 3 is 2.95 bits per heavy atom. The first-order chi connectivity index (χ1) is 10.8. The van der Waals surface area contributed by atoms with Crippen LogP contribution in [0, 0.1) is 0 Å². The summed E-state index contributed by atoms with van der Waals surface area (Å²) < 4.78 is 2.15. The third-order valence-electron chi connectivity index (χ3n) is 2.97. The Labute approximate surface area is 137 Å². The van der Waals surface area contributed by atoms with Crippen LogP contribution in [0.15, 0.2) is 64.5 Å². The van der Waals surface area contributed by atoms with Gasteiger partial charge in [0.15, 0.2) is 4.34 Å². The van der Waals surface area contributed by atoms with Gasteiger partial charge in [-0.25, -0.2) is 4.98 Å². The van der Waals surface area contributed by atoms with Gasteiger partial charge in [0, 0.05) is 17.5 Å². The first kappa shape index (κ1) is 14.8. The van der Waals surface area contributed by atoms with E-state index in [9.17, 15) is 5.11 Å². The van der Waals surface area contributed by atoms with Gasteiger partial charge in [0.2, 0.25) is 0 Å². The summed E-state index contributed by atoms with van der Waals surface area (Å²) in [5, 5.41) is 9.74. The van der Waals surface area contributed by atoms with E-state index >= 15 is 0 Å². The number of phenols is 1. The van der Waals surface area contributed by atoms with Gasteiger partial charge in [-0.15, -0.1) is 17.9 Å². The molecule has 3 nitrogen and oxygen atoms in total. The molecule has 0 radical (unpaired) electrons. The molecule has 1 aromatic heterocycles. The summed E-state index contributed by atoms with van der Waals surface area (Å²) in [7, 11) is 0. The fourth-order valence-electron chi connectivity index (χ4n) is 1.91. The van der Waals surface area contributed by atoms with Gasteiger partial charge in [-0.3, -0.25) is 4.99 Å². The number of fused-ring (bicyclic) bond motifs is 1. The molecule has 0 bridgehead atoms. The second-order valence-corrected chi connectivity index (χ2v) is 6.85. The van der Waals surface area contributed by atoms with E-state index in [1.807, 2.05) is 36.4 Å². The Balaban J connectivity index is 1.85. The predicted molar refractivity (Wildman–Crippen MR) is 95.9 cm³/mol. The first-order valence-corrected chi connectivity index (χ1v) is 8.53. The quantitative estimate of drug-likeness (QED) is 0.406. The van der Waals surface area contributed by atoms with E-state index in [4.69, 9.17) is 0 Å². The summed E-state index contributed by atoms with van der Waals surface area (Å²) in [5.41, 5.74) is 2.53. The third kappa shape index (κ3) is 3.37. The van der Waals surface area contributed by atoms with Gasteiger partial charge < -0.3 is 5.11 Å². The lowest BCUT2D eigenvalue weighted by Crippen LogP contribution is -1.80. The van der Waals surface area contributed by atoms with Crippen molar-refractivity contribution in [2.45, 2.75) is 4.34 Å². The number of para-hydroxylation sites is 1. The number of aliphatic imine (C=N–C) groups is 1. The molecule has 0 aliphatic heterocycles. The Bertz CT molecular complexity index is 840. The molecule has 0 saturated heterocycles. The van der Waals surface area contributed by atoms with Gasteiger partial charge in [-0.05, 0) is 30.3 Å². The maximum Gasteiger partial charge on any atom is 0.151 e. The largest absolute Gasteiger partial charge is 0.507 e. The Morgan fingerprint density at radius 2 is 2.14 bits per heavy atom. The Hall–Kier alpha value is -2.11. The number of hydrogen-bond acceptors (Lipinski definition) is 5. The first-order valence-electron chi connectivity index (χ1n) is 6.72. The molecule has 0 fully saturated rings. The average molecular weight is 326 g/mol. The van der Waals surface area contributed by atoms with Crippen molar-refractivity contribution in [2.75, 3.05) is 5.75 Å². The van der Waals surface area contributed by atoms with E-state index in [2.05, 4.69) is 16.6 Å². The molecule has 0 spiro atoms. The second kappa shape index (κ2) is 6.77. The van der Waals surface area contributed by atoms with Crippen LogP contribution in [0.5, 0.6) is 5.75 Å². The van der Waals surface area contributed by atoms with Crippen LogP contribution in [0.1, 0.15) is 5.56 Å². The van der Waals surface area contributed by atoms with Crippen molar-refractivity contribution < 1.29 is 5.11 Å². The summed E-state index contributed by atoms with van der Waals surface area (Å²) >= 11 is 3.34. The van der Waals surface area contributed by atoms with E-state index in [0.29, 0.717) is 5.56 Å². The molecule has 5 heteroatoms. The fraction of sp³-hybridized carbons (Fsp3) is 0.0588. The van der Waals surface area contributed by atoms with Crippen molar-refractivity contribution in [3.8, 4) is 5.75 Å². The van der Waals surface area contributed by atoms with Crippen molar-refractivity contribution in [2.24, 2.45) is 4.99 Å². The Kier molecular flexibility index (Phi) is 4.56. The highest BCUT2D eigenvalue weighted by Gasteiger charge is 2.04. The lowest BCUT2D eigenvalue weighted by molar-refractivity contribution is 0.474. The molecule has 0 aliphatic carbocycles. The lowest BCUT2D eigenvalue weighted by Gasteiger charge is -1.97. The van der Waals surface area contributed by atoms with Crippen LogP contribution < -0.4 is 0 Å². The van der Waals surface area contributed by atoms with Gasteiger partial charge in [-0.1, -0.05) is 30.0 Å². The predicted octanol–water partition coefficient (Wildman–Crippen LogP) is 5.03.